The van der Waals surface area contributed by atoms with Crippen molar-refractivity contribution in [3.8, 4) is 10.4 Å². The number of carboxylic acid groups (broad SMARTS) is 1. The van der Waals surface area contributed by atoms with Crippen LogP contribution in [0.1, 0.15) is 20.7 Å². The van der Waals surface area contributed by atoms with Crippen molar-refractivity contribution in [3.05, 3.63) is 63.4 Å². The Bertz CT molecular complexity index is 1170. The van der Waals surface area contributed by atoms with Crippen LogP contribution in [0.15, 0.2) is 52.3 Å². The SMILES string of the molecule is O=C(Nc1csc(-c2ccc(Br)cc2)c1C(=O)O)c1ccc2snnc2c1. The van der Waals surface area contributed by atoms with Gasteiger partial charge >= 0.3 is 5.97 Å². The molecule has 0 aliphatic rings. The molecule has 0 bridgehead atoms. The average molecular weight is 460 g/mol. The maximum Gasteiger partial charge on any atom is 0.339 e. The number of benzene rings is 2. The molecule has 2 heterocycles. The second-order valence-electron chi connectivity index (χ2n) is 5.58. The van der Waals surface area contributed by atoms with Gasteiger partial charge in [0.2, 0.25) is 0 Å². The van der Waals surface area contributed by atoms with Gasteiger partial charge in [0.05, 0.1) is 15.3 Å². The Balaban J connectivity index is 1.68. The number of hydrogen-bond donors (Lipinski definition) is 2. The van der Waals surface area contributed by atoms with Crippen molar-refractivity contribution in [3.63, 3.8) is 0 Å². The summed E-state index contributed by atoms with van der Waals surface area (Å²) in [4.78, 5) is 25.0. The number of carboxylic acids is 1. The molecule has 4 aromatic rings. The first-order chi connectivity index (χ1) is 13.0. The molecule has 0 saturated heterocycles. The largest absolute Gasteiger partial charge is 0.478 e. The summed E-state index contributed by atoms with van der Waals surface area (Å²) in [5.74, 6) is -1.49. The molecule has 0 aliphatic carbocycles. The van der Waals surface area contributed by atoms with Gasteiger partial charge in [-0.05, 0) is 47.4 Å². The first kappa shape index (κ1) is 17.8. The summed E-state index contributed by atoms with van der Waals surface area (Å²) < 4.78 is 5.63. The van der Waals surface area contributed by atoms with E-state index >= 15 is 0 Å². The predicted octanol–water partition coefficient (Wildman–Crippen LogP) is 5.13. The predicted molar refractivity (Wildman–Crippen MR) is 110 cm³/mol. The van der Waals surface area contributed by atoms with E-state index in [-0.39, 0.29) is 11.3 Å². The van der Waals surface area contributed by atoms with Gasteiger partial charge < -0.3 is 10.4 Å². The van der Waals surface area contributed by atoms with Crippen LogP contribution in [-0.4, -0.2) is 26.6 Å². The van der Waals surface area contributed by atoms with Crippen molar-refractivity contribution in [2.75, 3.05) is 5.32 Å². The summed E-state index contributed by atoms with van der Waals surface area (Å²) in [7, 11) is 0. The quantitative estimate of drug-likeness (QED) is 0.441. The van der Waals surface area contributed by atoms with E-state index in [9.17, 15) is 14.7 Å². The Labute approximate surface area is 169 Å². The summed E-state index contributed by atoms with van der Waals surface area (Å²) in [5, 5.41) is 18.0. The van der Waals surface area contributed by atoms with Crippen LogP contribution < -0.4 is 5.32 Å². The molecule has 6 nitrogen and oxygen atoms in total. The highest BCUT2D eigenvalue weighted by Crippen LogP contribution is 2.36. The summed E-state index contributed by atoms with van der Waals surface area (Å²) in [5.41, 5.74) is 2.14. The topological polar surface area (TPSA) is 92.2 Å². The molecular formula is C18H10BrN3O3S2. The number of nitrogens with zero attached hydrogens (tertiary/aromatic N) is 2. The molecule has 0 spiro atoms. The molecule has 2 N–H and O–H groups in total. The number of anilines is 1. The van der Waals surface area contributed by atoms with Crippen LogP contribution in [0.4, 0.5) is 5.69 Å². The number of hydrogen-bond acceptors (Lipinski definition) is 6. The average Bonchev–Trinajstić information content (AvgIpc) is 3.28. The minimum atomic E-state index is -1.09. The van der Waals surface area contributed by atoms with E-state index < -0.39 is 11.9 Å². The zero-order chi connectivity index (χ0) is 19.0. The second-order valence-corrected chi connectivity index (χ2v) is 8.16. The first-order valence-corrected chi connectivity index (χ1v) is 10.1. The minimum Gasteiger partial charge on any atom is -0.478 e. The number of carbonyl (C=O) groups excluding carboxylic acids is 1. The standard InChI is InChI=1S/C18H10BrN3O3S2/c19-11-4-1-9(2-5-11)16-15(18(24)25)13(8-26-16)20-17(23)10-3-6-14-12(7-10)21-22-27-14/h1-8H,(H,20,23)(H,24,25). The molecule has 1 amide bonds. The molecular weight excluding hydrogens is 450 g/mol. The lowest BCUT2D eigenvalue weighted by Crippen LogP contribution is -2.14. The summed E-state index contributed by atoms with van der Waals surface area (Å²) in [6.07, 6.45) is 0. The molecule has 9 heteroatoms. The Morgan fingerprint density at radius 3 is 2.63 bits per heavy atom. The fourth-order valence-electron chi connectivity index (χ4n) is 2.59. The number of carbonyl (C=O) groups is 2. The molecule has 27 heavy (non-hydrogen) atoms. The number of rotatable bonds is 4. The van der Waals surface area contributed by atoms with E-state index in [1.54, 1.807) is 23.6 Å². The fourth-order valence-corrected chi connectivity index (χ4v) is 4.40. The van der Waals surface area contributed by atoms with Gasteiger partial charge in [-0.1, -0.05) is 32.6 Å². The van der Waals surface area contributed by atoms with Crippen molar-refractivity contribution in [2.45, 2.75) is 0 Å². The number of nitrogens with one attached hydrogen (secondary N) is 1. The van der Waals surface area contributed by atoms with Gasteiger partial charge in [-0.15, -0.1) is 16.4 Å². The van der Waals surface area contributed by atoms with Gasteiger partial charge in [0, 0.05) is 15.4 Å². The number of fused-ring (bicyclic) bond motifs is 1. The second kappa shape index (κ2) is 7.18. The molecule has 134 valence electrons. The summed E-state index contributed by atoms with van der Waals surface area (Å²) in [6, 6.07) is 12.4. The van der Waals surface area contributed by atoms with Crippen molar-refractivity contribution in [1.82, 2.24) is 9.59 Å². The van der Waals surface area contributed by atoms with Crippen LogP contribution >= 0.6 is 38.8 Å². The van der Waals surface area contributed by atoms with E-state index in [1.807, 2.05) is 24.3 Å². The highest BCUT2D eigenvalue weighted by atomic mass is 79.9. The van der Waals surface area contributed by atoms with Crippen LogP contribution in [0, 0.1) is 0 Å². The van der Waals surface area contributed by atoms with E-state index in [4.69, 9.17) is 0 Å². The highest BCUT2D eigenvalue weighted by Gasteiger charge is 2.21. The van der Waals surface area contributed by atoms with Crippen LogP contribution in [-0.2, 0) is 0 Å². The molecule has 0 radical (unpaired) electrons. The Morgan fingerprint density at radius 2 is 1.89 bits per heavy atom. The Morgan fingerprint density at radius 1 is 1.11 bits per heavy atom. The molecule has 4 rings (SSSR count). The van der Waals surface area contributed by atoms with Gasteiger partial charge in [0.25, 0.3) is 5.91 Å². The third kappa shape index (κ3) is 3.48. The van der Waals surface area contributed by atoms with Gasteiger partial charge in [-0.25, -0.2) is 4.79 Å². The first-order valence-electron chi connectivity index (χ1n) is 7.67. The molecule has 2 aromatic heterocycles. The molecule has 0 saturated carbocycles. The summed E-state index contributed by atoms with van der Waals surface area (Å²) >= 11 is 5.89. The molecule has 0 fully saturated rings. The van der Waals surface area contributed by atoms with Crippen molar-refractivity contribution < 1.29 is 14.7 Å². The van der Waals surface area contributed by atoms with Crippen molar-refractivity contribution >= 4 is 66.6 Å². The number of amides is 1. The summed E-state index contributed by atoms with van der Waals surface area (Å²) in [6.45, 7) is 0. The van der Waals surface area contributed by atoms with E-state index in [0.29, 0.717) is 16.0 Å². The normalized spacial score (nSPS) is 10.9. The number of aromatic nitrogens is 2. The monoisotopic (exact) mass is 459 g/mol. The zero-order valence-corrected chi connectivity index (χ0v) is 16.7. The van der Waals surface area contributed by atoms with Crippen LogP contribution in [0.5, 0.6) is 0 Å². The van der Waals surface area contributed by atoms with Gasteiger partial charge in [0.1, 0.15) is 11.1 Å². The minimum absolute atomic E-state index is 0.0760. The zero-order valence-electron chi connectivity index (χ0n) is 13.5. The maximum absolute atomic E-state index is 12.6. The molecule has 0 unspecified atom stereocenters. The lowest BCUT2D eigenvalue weighted by molar-refractivity contribution is 0.0699. The lowest BCUT2D eigenvalue weighted by Gasteiger charge is -2.06. The van der Waals surface area contributed by atoms with Gasteiger partial charge in [0.15, 0.2) is 0 Å². The number of aromatic carboxylic acids is 1. The van der Waals surface area contributed by atoms with E-state index in [1.165, 1.54) is 22.9 Å². The third-order valence-corrected chi connectivity index (χ3v) is 6.13. The Kier molecular flexibility index (Phi) is 4.73. The fraction of sp³-hybridized carbons (Fsp3) is 0. The van der Waals surface area contributed by atoms with Gasteiger partial charge in [-0.3, -0.25) is 4.79 Å². The molecule has 0 atom stereocenters. The third-order valence-electron chi connectivity index (χ3n) is 3.87. The van der Waals surface area contributed by atoms with Gasteiger partial charge in [-0.2, -0.15) is 0 Å². The Hall–Kier alpha value is -2.62. The van der Waals surface area contributed by atoms with Crippen LogP contribution in [0.2, 0.25) is 0 Å². The molecule has 0 aliphatic heterocycles. The van der Waals surface area contributed by atoms with Crippen LogP contribution in [0.3, 0.4) is 0 Å². The number of thiophene rings is 1. The maximum atomic E-state index is 12.6. The molecule has 2 aromatic carbocycles. The van der Waals surface area contributed by atoms with E-state index in [0.717, 1.165) is 14.7 Å². The van der Waals surface area contributed by atoms with E-state index in [2.05, 4.69) is 30.8 Å². The van der Waals surface area contributed by atoms with Crippen LogP contribution in [0.25, 0.3) is 20.7 Å². The van der Waals surface area contributed by atoms with Crippen molar-refractivity contribution in [2.24, 2.45) is 0 Å². The number of halogens is 1. The highest BCUT2D eigenvalue weighted by molar-refractivity contribution is 9.10. The smallest absolute Gasteiger partial charge is 0.339 e. The van der Waals surface area contributed by atoms with Crippen molar-refractivity contribution in [1.29, 1.82) is 0 Å². The lowest BCUT2D eigenvalue weighted by atomic mass is 10.1.